The highest BCUT2D eigenvalue weighted by Gasteiger charge is 2.43. The summed E-state index contributed by atoms with van der Waals surface area (Å²) in [6, 6.07) is 0. The number of hydrogen-bond donors (Lipinski definition) is 0. The lowest BCUT2D eigenvalue weighted by molar-refractivity contribution is -0.0131. The van der Waals surface area contributed by atoms with Gasteiger partial charge in [-0.2, -0.15) is 0 Å². The second kappa shape index (κ2) is 4.02. The first-order valence-electron chi connectivity index (χ1n) is 5.85. The molecule has 2 fully saturated rings. The van der Waals surface area contributed by atoms with Crippen LogP contribution in [0, 0.1) is 11.3 Å². The van der Waals surface area contributed by atoms with Crippen LogP contribution >= 0.6 is 11.6 Å². The van der Waals surface area contributed by atoms with E-state index in [4.69, 9.17) is 16.3 Å². The van der Waals surface area contributed by atoms with E-state index in [0.717, 1.165) is 11.8 Å². The molecule has 1 saturated heterocycles. The number of rotatable bonds is 3. The molecule has 0 radical (unpaired) electrons. The fourth-order valence-corrected chi connectivity index (χ4v) is 3.59. The lowest BCUT2D eigenvalue weighted by Crippen LogP contribution is -2.40. The molecule has 1 heterocycles. The van der Waals surface area contributed by atoms with Gasteiger partial charge in [0.05, 0.1) is 12.2 Å². The van der Waals surface area contributed by atoms with Crippen LogP contribution in [0.25, 0.3) is 0 Å². The third kappa shape index (κ3) is 2.09. The van der Waals surface area contributed by atoms with Crippen molar-refractivity contribution >= 4 is 11.6 Å². The topological polar surface area (TPSA) is 9.23 Å². The molecular weight excluding hydrogens is 196 g/mol. The average Bonchev–Trinajstić information content (AvgIpc) is 2.48. The molecular formula is C12H21ClO. The normalized spacial score (nSPS) is 47.8. The molecule has 2 rings (SSSR count). The van der Waals surface area contributed by atoms with Crippen LogP contribution in [0.1, 0.15) is 46.0 Å². The van der Waals surface area contributed by atoms with Crippen LogP contribution < -0.4 is 0 Å². The molecule has 0 N–H and O–H groups in total. The molecule has 2 unspecified atom stereocenters. The molecule has 2 aliphatic rings. The molecule has 14 heavy (non-hydrogen) atoms. The van der Waals surface area contributed by atoms with Crippen LogP contribution in [0.5, 0.6) is 0 Å². The third-order valence-corrected chi connectivity index (χ3v) is 4.39. The van der Waals surface area contributed by atoms with Gasteiger partial charge in [0.1, 0.15) is 0 Å². The average molecular weight is 217 g/mol. The summed E-state index contributed by atoms with van der Waals surface area (Å²) < 4.78 is 5.87. The molecule has 2 heteroatoms. The molecule has 0 aromatic heterocycles. The highest BCUT2D eigenvalue weighted by atomic mass is 35.5. The van der Waals surface area contributed by atoms with E-state index in [2.05, 4.69) is 13.8 Å². The van der Waals surface area contributed by atoms with Crippen molar-refractivity contribution in [1.29, 1.82) is 0 Å². The molecule has 2 atom stereocenters. The molecule has 1 saturated carbocycles. The maximum absolute atomic E-state index is 6.08. The van der Waals surface area contributed by atoms with Crippen molar-refractivity contribution in [3.63, 3.8) is 0 Å². The van der Waals surface area contributed by atoms with Crippen molar-refractivity contribution in [2.45, 2.75) is 58.2 Å². The van der Waals surface area contributed by atoms with Crippen molar-refractivity contribution in [2.24, 2.45) is 11.3 Å². The quantitative estimate of drug-likeness (QED) is 0.655. The second-order valence-corrected chi connectivity index (χ2v) is 5.76. The van der Waals surface area contributed by atoms with Crippen LogP contribution in [-0.4, -0.2) is 18.1 Å². The fourth-order valence-electron chi connectivity index (χ4n) is 3.27. The second-order valence-electron chi connectivity index (χ2n) is 5.50. The zero-order valence-electron chi connectivity index (χ0n) is 9.26. The minimum absolute atomic E-state index is 0.426. The van der Waals surface area contributed by atoms with Crippen LogP contribution in [0.2, 0.25) is 0 Å². The van der Waals surface area contributed by atoms with Gasteiger partial charge >= 0.3 is 0 Å². The Labute approximate surface area is 92.2 Å². The molecule has 0 aromatic rings. The number of alkyl halides is 1. The summed E-state index contributed by atoms with van der Waals surface area (Å²) in [7, 11) is 0. The van der Waals surface area contributed by atoms with Gasteiger partial charge in [0.25, 0.3) is 0 Å². The van der Waals surface area contributed by atoms with Crippen molar-refractivity contribution in [1.82, 2.24) is 0 Å². The smallest absolute Gasteiger partial charge is 0.0585 e. The summed E-state index contributed by atoms with van der Waals surface area (Å²) in [4.78, 5) is 0. The summed E-state index contributed by atoms with van der Waals surface area (Å²) in [5.74, 6) is 1.71. The maximum Gasteiger partial charge on any atom is 0.0585 e. The molecule has 82 valence electrons. The van der Waals surface area contributed by atoms with Gasteiger partial charge in [0.2, 0.25) is 0 Å². The Bertz CT molecular complexity index is 198. The van der Waals surface area contributed by atoms with E-state index < -0.39 is 0 Å². The molecule has 0 aromatic carbocycles. The van der Waals surface area contributed by atoms with E-state index in [-0.39, 0.29) is 0 Å². The summed E-state index contributed by atoms with van der Waals surface area (Å²) in [5, 5.41) is 0. The van der Waals surface area contributed by atoms with E-state index in [9.17, 15) is 0 Å². The minimum atomic E-state index is 0.426. The van der Waals surface area contributed by atoms with Gasteiger partial charge in [0.15, 0.2) is 0 Å². The third-order valence-electron chi connectivity index (χ3n) is 3.83. The Balaban J connectivity index is 1.84. The Morgan fingerprint density at radius 2 is 2.00 bits per heavy atom. The van der Waals surface area contributed by atoms with Crippen LogP contribution in [-0.2, 0) is 4.74 Å². The van der Waals surface area contributed by atoms with Crippen LogP contribution in [0.4, 0.5) is 0 Å². The first-order valence-corrected chi connectivity index (χ1v) is 6.38. The lowest BCUT2D eigenvalue weighted by atomic mass is 9.61. The Hall–Kier alpha value is 0.250. The van der Waals surface area contributed by atoms with Gasteiger partial charge in [-0.1, -0.05) is 6.92 Å². The van der Waals surface area contributed by atoms with Crippen molar-refractivity contribution in [2.75, 3.05) is 5.88 Å². The summed E-state index contributed by atoms with van der Waals surface area (Å²) in [6.45, 7) is 4.50. The van der Waals surface area contributed by atoms with Crippen molar-refractivity contribution < 1.29 is 4.74 Å². The van der Waals surface area contributed by atoms with Crippen molar-refractivity contribution in [3.8, 4) is 0 Å². The number of hydrogen-bond acceptors (Lipinski definition) is 1. The SMILES string of the molecule is CC1CC(CCl)(CC2CCC(C)O2)C1. The first kappa shape index (κ1) is 10.8. The molecule has 1 aliphatic carbocycles. The Kier molecular flexibility index (Phi) is 3.09. The van der Waals surface area contributed by atoms with E-state index in [1.807, 2.05) is 0 Å². The van der Waals surface area contributed by atoms with E-state index in [1.165, 1.54) is 32.1 Å². The van der Waals surface area contributed by atoms with Gasteiger partial charge in [-0.25, -0.2) is 0 Å². The van der Waals surface area contributed by atoms with Gasteiger partial charge in [0, 0.05) is 5.88 Å². The first-order chi connectivity index (χ1) is 6.63. The molecule has 0 amide bonds. The van der Waals surface area contributed by atoms with Crippen molar-refractivity contribution in [3.05, 3.63) is 0 Å². The zero-order valence-corrected chi connectivity index (χ0v) is 10.0. The monoisotopic (exact) mass is 216 g/mol. The standard InChI is InChI=1S/C12H21ClO/c1-9-5-12(6-9,8-13)7-11-4-3-10(2)14-11/h9-11H,3-8H2,1-2H3. The van der Waals surface area contributed by atoms with Gasteiger partial charge in [-0.05, 0) is 50.4 Å². The highest BCUT2D eigenvalue weighted by molar-refractivity contribution is 6.18. The molecule has 1 nitrogen and oxygen atoms in total. The summed E-state index contributed by atoms with van der Waals surface area (Å²) in [6.07, 6.45) is 7.27. The zero-order chi connectivity index (χ0) is 10.2. The fraction of sp³-hybridized carbons (Fsp3) is 1.00. The molecule has 0 spiro atoms. The predicted octanol–water partition coefficient (Wildman–Crippen LogP) is 3.60. The van der Waals surface area contributed by atoms with E-state index in [0.29, 0.717) is 17.6 Å². The van der Waals surface area contributed by atoms with Gasteiger partial charge < -0.3 is 4.74 Å². The van der Waals surface area contributed by atoms with Crippen LogP contribution in [0.15, 0.2) is 0 Å². The predicted molar refractivity (Wildman–Crippen MR) is 59.7 cm³/mol. The number of halogens is 1. The Morgan fingerprint density at radius 1 is 1.29 bits per heavy atom. The minimum Gasteiger partial charge on any atom is -0.375 e. The van der Waals surface area contributed by atoms with Gasteiger partial charge in [-0.15, -0.1) is 11.6 Å². The molecule has 1 aliphatic heterocycles. The summed E-state index contributed by atoms with van der Waals surface area (Å²) >= 11 is 6.08. The molecule has 0 bridgehead atoms. The van der Waals surface area contributed by atoms with Gasteiger partial charge in [-0.3, -0.25) is 0 Å². The maximum atomic E-state index is 6.08. The number of ether oxygens (including phenoxy) is 1. The van der Waals surface area contributed by atoms with E-state index >= 15 is 0 Å². The lowest BCUT2D eigenvalue weighted by Gasteiger charge is -2.46. The largest absolute Gasteiger partial charge is 0.375 e. The van der Waals surface area contributed by atoms with Crippen LogP contribution in [0.3, 0.4) is 0 Å². The van der Waals surface area contributed by atoms with E-state index in [1.54, 1.807) is 0 Å². The Morgan fingerprint density at radius 3 is 2.43 bits per heavy atom. The highest BCUT2D eigenvalue weighted by Crippen LogP contribution is 2.50. The summed E-state index contributed by atoms with van der Waals surface area (Å²) in [5.41, 5.74) is 0.426.